The van der Waals surface area contributed by atoms with E-state index in [4.69, 9.17) is 0 Å². The quantitative estimate of drug-likeness (QED) is 0.537. The molecule has 0 aromatic heterocycles. The lowest BCUT2D eigenvalue weighted by Crippen LogP contribution is -2.30. The Hall–Kier alpha value is -3.12. The number of benzene rings is 3. The molecule has 0 aliphatic rings. The van der Waals surface area contributed by atoms with Gasteiger partial charge in [-0.3, -0.25) is 9.10 Å². The lowest BCUT2D eigenvalue weighted by molar-refractivity contribution is 0.0946. The van der Waals surface area contributed by atoms with Crippen LogP contribution in [0.5, 0.6) is 0 Å². The van der Waals surface area contributed by atoms with Crippen molar-refractivity contribution < 1.29 is 13.2 Å². The molecule has 0 spiro atoms. The third-order valence-electron chi connectivity index (χ3n) is 5.39. The van der Waals surface area contributed by atoms with E-state index in [1.165, 1.54) is 16.9 Å². The molecule has 0 heterocycles. The molecule has 0 fully saturated rings. The minimum absolute atomic E-state index is 0.161. The number of anilines is 1. The van der Waals surface area contributed by atoms with Gasteiger partial charge in [0.15, 0.2) is 0 Å². The summed E-state index contributed by atoms with van der Waals surface area (Å²) in [7, 11) is -2.14. The van der Waals surface area contributed by atoms with Crippen LogP contribution in [0.15, 0.2) is 89.8 Å². The lowest BCUT2D eigenvalue weighted by Gasteiger charge is -2.20. The summed E-state index contributed by atoms with van der Waals surface area (Å²) in [5.41, 5.74) is 2.26. The van der Waals surface area contributed by atoms with Gasteiger partial charge in [-0.15, -0.1) is 0 Å². The number of carbonyl (C=O) groups excluding carboxylic acids is 1. The molecule has 1 N–H and O–H groups in total. The molecule has 0 aliphatic carbocycles. The highest BCUT2D eigenvalue weighted by Crippen LogP contribution is 2.22. The second-order valence-corrected chi connectivity index (χ2v) is 9.48. The third-order valence-corrected chi connectivity index (χ3v) is 7.19. The summed E-state index contributed by atoms with van der Waals surface area (Å²) in [5, 5.41) is 3.00. The predicted molar refractivity (Wildman–Crippen MR) is 125 cm³/mol. The second-order valence-electron chi connectivity index (χ2n) is 7.51. The molecule has 0 aliphatic heterocycles. The van der Waals surface area contributed by atoms with Crippen molar-refractivity contribution in [3.63, 3.8) is 0 Å². The lowest BCUT2D eigenvalue weighted by atomic mass is 9.97. The molecule has 3 aromatic rings. The van der Waals surface area contributed by atoms with Crippen molar-refractivity contribution in [3.8, 4) is 0 Å². The molecule has 0 unspecified atom stereocenters. The summed E-state index contributed by atoms with van der Waals surface area (Å²) in [6.45, 7) is 2.71. The van der Waals surface area contributed by atoms with Gasteiger partial charge in [-0.2, -0.15) is 0 Å². The summed E-state index contributed by atoms with van der Waals surface area (Å²) in [5.74, 6) is 0.194. The SMILES string of the molecule is CC[C@H](CNC(=O)c1ccc(N(C)S(=O)(=O)c2ccccc2)cc1)Cc1ccccc1. The van der Waals surface area contributed by atoms with E-state index in [0.29, 0.717) is 23.7 Å². The standard InChI is InChI=1S/C25H28N2O3S/c1-3-20(18-21-10-6-4-7-11-21)19-26-25(28)22-14-16-23(17-15-22)27(2)31(29,30)24-12-8-5-9-13-24/h4-17,20H,3,18-19H2,1-2H3,(H,26,28)/t20-/m0/s1. The van der Waals surface area contributed by atoms with Crippen LogP contribution < -0.4 is 9.62 Å². The first-order valence-corrected chi connectivity index (χ1v) is 11.8. The largest absolute Gasteiger partial charge is 0.352 e. The predicted octanol–water partition coefficient (Wildman–Crippen LogP) is 4.51. The van der Waals surface area contributed by atoms with Crippen LogP contribution in [-0.2, 0) is 16.4 Å². The van der Waals surface area contributed by atoms with E-state index in [-0.39, 0.29) is 10.8 Å². The summed E-state index contributed by atoms with van der Waals surface area (Å²) in [6, 6.07) is 25.1. The molecule has 6 heteroatoms. The Balaban J connectivity index is 1.62. The van der Waals surface area contributed by atoms with Crippen LogP contribution in [0.25, 0.3) is 0 Å². The van der Waals surface area contributed by atoms with Crippen LogP contribution in [0.1, 0.15) is 29.3 Å². The van der Waals surface area contributed by atoms with Crippen LogP contribution in [0.2, 0.25) is 0 Å². The van der Waals surface area contributed by atoms with Gasteiger partial charge >= 0.3 is 0 Å². The molecule has 3 aromatic carbocycles. The molecule has 1 atom stereocenters. The van der Waals surface area contributed by atoms with Crippen LogP contribution in [0, 0.1) is 5.92 Å². The Morgan fingerprint density at radius 3 is 2.06 bits per heavy atom. The fourth-order valence-corrected chi connectivity index (χ4v) is 4.58. The van der Waals surface area contributed by atoms with Crippen molar-refractivity contribution in [3.05, 3.63) is 96.1 Å². The average Bonchev–Trinajstić information content (AvgIpc) is 2.82. The first kappa shape index (κ1) is 22.6. The molecule has 162 valence electrons. The summed E-state index contributed by atoms with van der Waals surface area (Å²) >= 11 is 0. The highest BCUT2D eigenvalue weighted by Gasteiger charge is 2.21. The van der Waals surface area contributed by atoms with Crippen LogP contribution in [0.4, 0.5) is 5.69 Å². The monoisotopic (exact) mass is 436 g/mol. The molecule has 0 radical (unpaired) electrons. The fourth-order valence-electron chi connectivity index (χ4n) is 3.36. The number of nitrogens with one attached hydrogen (secondary N) is 1. The van der Waals surface area contributed by atoms with Gasteiger partial charge in [-0.25, -0.2) is 8.42 Å². The van der Waals surface area contributed by atoms with Crippen LogP contribution in [0.3, 0.4) is 0 Å². The van der Waals surface area contributed by atoms with Crippen molar-refractivity contribution in [1.29, 1.82) is 0 Å². The van der Waals surface area contributed by atoms with Crippen LogP contribution >= 0.6 is 0 Å². The maximum atomic E-state index is 12.8. The van der Waals surface area contributed by atoms with Gasteiger partial charge in [0.1, 0.15) is 0 Å². The van der Waals surface area contributed by atoms with Gasteiger partial charge < -0.3 is 5.32 Å². The zero-order valence-electron chi connectivity index (χ0n) is 17.9. The van der Waals surface area contributed by atoms with Gasteiger partial charge in [0.25, 0.3) is 15.9 Å². The molecule has 31 heavy (non-hydrogen) atoms. The van der Waals surface area contributed by atoms with Crippen LogP contribution in [-0.4, -0.2) is 27.9 Å². The number of rotatable bonds is 9. The zero-order chi connectivity index (χ0) is 22.3. The first-order chi connectivity index (χ1) is 14.9. The number of hydrogen-bond acceptors (Lipinski definition) is 3. The molecular formula is C25H28N2O3S. The molecule has 5 nitrogen and oxygen atoms in total. The van der Waals surface area contributed by atoms with E-state index in [2.05, 4.69) is 24.4 Å². The maximum absolute atomic E-state index is 12.8. The summed E-state index contributed by atoms with van der Waals surface area (Å²) < 4.78 is 26.7. The van der Waals surface area contributed by atoms with E-state index >= 15 is 0 Å². The molecule has 0 saturated heterocycles. The van der Waals surface area contributed by atoms with Gasteiger partial charge in [0.2, 0.25) is 0 Å². The van der Waals surface area contributed by atoms with Crippen molar-refractivity contribution in [2.24, 2.45) is 5.92 Å². The van der Waals surface area contributed by atoms with Crippen molar-refractivity contribution >= 4 is 21.6 Å². The minimum atomic E-state index is -3.65. The normalized spacial score (nSPS) is 12.2. The second kappa shape index (κ2) is 10.3. The molecular weight excluding hydrogens is 408 g/mol. The number of hydrogen-bond donors (Lipinski definition) is 1. The van der Waals surface area contributed by atoms with Crippen molar-refractivity contribution in [1.82, 2.24) is 5.32 Å². The Morgan fingerprint density at radius 2 is 1.48 bits per heavy atom. The molecule has 0 bridgehead atoms. The number of sulfonamides is 1. The number of amides is 1. The average molecular weight is 437 g/mol. The number of nitrogens with zero attached hydrogens (tertiary/aromatic N) is 1. The summed E-state index contributed by atoms with van der Waals surface area (Å²) in [6.07, 6.45) is 1.88. The van der Waals surface area contributed by atoms with Gasteiger partial charge in [0.05, 0.1) is 10.6 Å². The van der Waals surface area contributed by atoms with Gasteiger partial charge in [-0.05, 0) is 54.3 Å². The topological polar surface area (TPSA) is 66.5 Å². The summed E-state index contributed by atoms with van der Waals surface area (Å²) in [4.78, 5) is 12.8. The Bertz CT molecular complexity index is 1080. The minimum Gasteiger partial charge on any atom is -0.352 e. The van der Waals surface area contributed by atoms with E-state index in [1.54, 1.807) is 54.6 Å². The van der Waals surface area contributed by atoms with E-state index in [9.17, 15) is 13.2 Å². The first-order valence-electron chi connectivity index (χ1n) is 10.4. The van der Waals surface area contributed by atoms with Gasteiger partial charge in [0, 0.05) is 19.2 Å². The van der Waals surface area contributed by atoms with E-state index in [0.717, 1.165) is 12.8 Å². The highest BCUT2D eigenvalue weighted by molar-refractivity contribution is 7.92. The highest BCUT2D eigenvalue weighted by atomic mass is 32.2. The smallest absolute Gasteiger partial charge is 0.264 e. The zero-order valence-corrected chi connectivity index (χ0v) is 18.7. The Labute approximate surface area is 184 Å². The number of carbonyl (C=O) groups is 1. The molecule has 3 rings (SSSR count). The van der Waals surface area contributed by atoms with Crippen molar-refractivity contribution in [2.75, 3.05) is 17.9 Å². The maximum Gasteiger partial charge on any atom is 0.264 e. The van der Waals surface area contributed by atoms with Crippen molar-refractivity contribution in [2.45, 2.75) is 24.7 Å². The molecule has 1 amide bonds. The fraction of sp³-hybridized carbons (Fsp3) is 0.240. The Morgan fingerprint density at radius 1 is 0.903 bits per heavy atom. The van der Waals surface area contributed by atoms with Gasteiger partial charge in [-0.1, -0.05) is 61.9 Å². The Kier molecular flexibility index (Phi) is 7.47. The molecule has 0 saturated carbocycles. The van der Waals surface area contributed by atoms with E-state index < -0.39 is 10.0 Å². The third kappa shape index (κ3) is 5.73. The van der Waals surface area contributed by atoms with E-state index in [1.807, 2.05) is 18.2 Å².